The minimum absolute atomic E-state index is 0.324. The highest BCUT2D eigenvalue weighted by Gasteiger charge is 2.18. The van der Waals surface area contributed by atoms with Gasteiger partial charge in [-0.1, -0.05) is 36.4 Å². The number of anilines is 1. The molecule has 0 aliphatic carbocycles. The number of hydrogen-bond donors (Lipinski definition) is 4. The predicted molar refractivity (Wildman–Crippen MR) is 99.9 cm³/mol. The van der Waals surface area contributed by atoms with E-state index in [4.69, 9.17) is 5.73 Å². The first-order valence-electron chi connectivity index (χ1n) is 7.50. The minimum Gasteiger partial charge on any atom is -0.366 e. The first-order chi connectivity index (χ1) is 12.1. The van der Waals surface area contributed by atoms with Crippen molar-refractivity contribution >= 4 is 29.0 Å². The number of primary amides is 1. The van der Waals surface area contributed by atoms with Crippen molar-refractivity contribution < 1.29 is 9.59 Å². The van der Waals surface area contributed by atoms with Gasteiger partial charge in [-0.05, 0) is 23.8 Å². The summed E-state index contributed by atoms with van der Waals surface area (Å²) in [6.07, 6.45) is 8.80. The number of benzene rings is 1. The van der Waals surface area contributed by atoms with Gasteiger partial charge in [0.15, 0.2) is 0 Å². The normalized spacial score (nSPS) is 12.7. The first kappa shape index (κ1) is 16.5. The number of nitrogens with two attached hydrogens (primary N) is 1. The lowest BCUT2D eigenvalue weighted by Crippen LogP contribution is -2.25. The zero-order valence-electron chi connectivity index (χ0n) is 13.2. The molecule has 0 saturated heterocycles. The van der Waals surface area contributed by atoms with Gasteiger partial charge >= 0.3 is 6.03 Å². The monoisotopic (exact) mass is 352 g/mol. The molecule has 5 N–H and O–H groups in total. The highest BCUT2D eigenvalue weighted by Crippen LogP contribution is 2.34. The molecule has 3 rings (SSSR count). The molecule has 0 unspecified atom stereocenters. The SMILES string of the molecule is NC(=O)Nc1cc(-c2ccccc2)sc1C(=O)NC1=CNC=CC=C1. The number of carbonyl (C=O) groups excluding carboxylic acids is 2. The van der Waals surface area contributed by atoms with Crippen molar-refractivity contribution in [3.05, 3.63) is 77.6 Å². The number of urea groups is 1. The summed E-state index contributed by atoms with van der Waals surface area (Å²) in [5.41, 5.74) is 7.18. The van der Waals surface area contributed by atoms with Gasteiger partial charge in [0.1, 0.15) is 4.88 Å². The topological polar surface area (TPSA) is 96.2 Å². The molecule has 3 amide bonds. The summed E-state index contributed by atoms with van der Waals surface area (Å²) in [6.45, 7) is 0. The molecule has 2 heterocycles. The lowest BCUT2D eigenvalue weighted by atomic mass is 10.2. The van der Waals surface area contributed by atoms with Crippen LogP contribution in [0.5, 0.6) is 0 Å². The van der Waals surface area contributed by atoms with Crippen molar-refractivity contribution in [2.45, 2.75) is 0 Å². The van der Waals surface area contributed by atoms with Gasteiger partial charge in [-0.25, -0.2) is 4.79 Å². The number of hydrogen-bond acceptors (Lipinski definition) is 4. The summed E-state index contributed by atoms with van der Waals surface area (Å²) >= 11 is 1.29. The Balaban J connectivity index is 1.90. The molecule has 1 aromatic heterocycles. The van der Waals surface area contributed by atoms with Crippen molar-refractivity contribution in [2.24, 2.45) is 5.73 Å². The first-order valence-corrected chi connectivity index (χ1v) is 8.31. The number of amides is 3. The van der Waals surface area contributed by atoms with Crippen LogP contribution in [0, 0.1) is 0 Å². The van der Waals surface area contributed by atoms with E-state index >= 15 is 0 Å². The molecule has 0 spiro atoms. The number of nitrogens with one attached hydrogen (secondary N) is 3. The van der Waals surface area contributed by atoms with Crippen LogP contribution in [-0.4, -0.2) is 11.9 Å². The van der Waals surface area contributed by atoms with E-state index in [1.807, 2.05) is 36.4 Å². The lowest BCUT2D eigenvalue weighted by molar-refractivity contribution is 0.0972. The minimum atomic E-state index is -0.717. The number of allylic oxidation sites excluding steroid dienone is 3. The molecule has 0 fully saturated rings. The molecule has 126 valence electrons. The smallest absolute Gasteiger partial charge is 0.316 e. The second-order valence-electron chi connectivity index (χ2n) is 5.15. The fraction of sp³-hybridized carbons (Fsp3) is 0. The molecule has 1 aromatic carbocycles. The van der Waals surface area contributed by atoms with E-state index in [9.17, 15) is 9.59 Å². The molecule has 7 heteroatoms. The van der Waals surface area contributed by atoms with Gasteiger partial charge in [-0.3, -0.25) is 4.79 Å². The highest BCUT2D eigenvalue weighted by atomic mass is 32.1. The Labute approximate surface area is 148 Å². The van der Waals surface area contributed by atoms with E-state index in [-0.39, 0.29) is 5.91 Å². The fourth-order valence-electron chi connectivity index (χ4n) is 2.25. The van der Waals surface area contributed by atoms with E-state index in [0.717, 1.165) is 10.4 Å². The highest BCUT2D eigenvalue weighted by molar-refractivity contribution is 7.18. The Morgan fingerprint density at radius 1 is 1.08 bits per heavy atom. The standard InChI is InChI=1S/C18H16N4O2S/c19-18(24)22-14-10-15(12-6-2-1-3-7-12)25-16(14)17(23)21-13-8-4-5-9-20-11-13/h1-11,20H,(H,21,23)(H3,19,22,24). The maximum Gasteiger partial charge on any atom is 0.316 e. The number of rotatable bonds is 4. The molecule has 2 aromatic rings. The van der Waals surface area contributed by atoms with Gasteiger partial charge in [0.2, 0.25) is 0 Å². The van der Waals surface area contributed by atoms with Gasteiger partial charge < -0.3 is 21.7 Å². The Kier molecular flexibility index (Phi) is 4.96. The molecule has 0 radical (unpaired) electrons. The Bertz CT molecular complexity index is 882. The van der Waals surface area contributed by atoms with Crippen LogP contribution in [0.4, 0.5) is 10.5 Å². The molecule has 1 aliphatic heterocycles. The maximum absolute atomic E-state index is 12.7. The van der Waals surface area contributed by atoms with Crippen molar-refractivity contribution in [3.63, 3.8) is 0 Å². The summed E-state index contributed by atoms with van der Waals surface area (Å²) in [5, 5.41) is 8.25. The fourth-order valence-corrected chi connectivity index (χ4v) is 3.27. The largest absolute Gasteiger partial charge is 0.366 e. The van der Waals surface area contributed by atoms with Crippen molar-refractivity contribution in [1.29, 1.82) is 0 Å². The van der Waals surface area contributed by atoms with Crippen LogP contribution in [0.2, 0.25) is 0 Å². The number of carbonyl (C=O) groups is 2. The van der Waals surface area contributed by atoms with Crippen LogP contribution < -0.4 is 21.7 Å². The zero-order valence-corrected chi connectivity index (χ0v) is 14.0. The molecular formula is C18H16N4O2S. The third-order valence-electron chi connectivity index (χ3n) is 3.33. The van der Waals surface area contributed by atoms with Gasteiger partial charge in [0.25, 0.3) is 5.91 Å². The summed E-state index contributed by atoms with van der Waals surface area (Å²) in [5.74, 6) is -0.324. The van der Waals surface area contributed by atoms with Crippen molar-refractivity contribution in [3.8, 4) is 10.4 Å². The van der Waals surface area contributed by atoms with Gasteiger partial charge in [-0.2, -0.15) is 0 Å². The van der Waals surface area contributed by atoms with E-state index in [1.54, 1.807) is 30.6 Å². The lowest BCUT2D eigenvalue weighted by Gasteiger charge is -2.06. The quantitative estimate of drug-likeness (QED) is 0.680. The molecule has 0 bridgehead atoms. The summed E-state index contributed by atoms with van der Waals surface area (Å²) in [4.78, 5) is 25.2. The third-order valence-corrected chi connectivity index (χ3v) is 4.51. The van der Waals surface area contributed by atoms with Gasteiger partial charge in [-0.15, -0.1) is 11.3 Å². The second-order valence-corrected chi connectivity index (χ2v) is 6.20. The Morgan fingerprint density at radius 2 is 1.88 bits per heavy atom. The second kappa shape index (κ2) is 7.50. The van der Waals surface area contributed by atoms with E-state index in [1.165, 1.54) is 11.3 Å². The molecule has 0 atom stereocenters. The van der Waals surface area contributed by atoms with E-state index < -0.39 is 6.03 Å². The van der Waals surface area contributed by atoms with Crippen LogP contribution in [-0.2, 0) is 0 Å². The third kappa shape index (κ3) is 4.15. The molecule has 0 saturated carbocycles. The van der Waals surface area contributed by atoms with Gasteiger partial charge in [0, 0.05) is 17.3 Å². The van der Waals surface area contributed by atoms with Crippen LogP contribution in [0.15, 0.2) is 72.7 Å². The molecular weight excluding hydrogens is 336 g/mol. The van der Waals surface area contributed by atoms with Gasteiger partial charge in [0.05, 0.1) is 11.4 Å². The molecule has 6 nitrogen and oxygen atoms in total. The molecule has 1 aliphatic rings. The van der Waals surface area contributed by atoms with Crippen LogP contribution >= 0.6 is 11.3 Å². The summed E-state index contributed by atoms with van der Waals surface area (Å²) in [6, 6.07) is 10.6. The number of thiophene rings is 1. The zero-order chi connectivity index (χ0) is 17.6. The van der Waals surface area contributed by atoms with Crippen molar-refractivity contribution in [1.82, 2.24) is 10.6 Å². The average Bonchev–Trinajstić information content (AvgIpc) is 2.84. The van der Waals surface area contributed by atoms with E-state index in [0.29, 0.717) is 16.3 Å². The molecule has 25 heavy (non-hydrogen) atoms. The van der Waals surface area contributed by atoms with Crippen LogP contribution in [0.3, 0.4) is 0 Å². The van der Waals surface area contributed by atoms with Crippen LogP contribution in [0.25, 0.3) is 10.4 Å². The average molecular weight is 352 g/mol. The maximum atomic E-state index is 12.7. The van der Waals surface area contributed by atoms with E-state index in [2.05, 4.69) is 16.0 Å². The Morgan fingerprint density at radius 3 is 2.64 bits per heavy atom. The predicted octanol–water partition coefficient (Wildman–Crippen LogP) is 3.15. The Hall–Kier alpha value is -3.32. The van der Waals surface area contributed by atoms with Crippen LogP contribution in [0.1, 0.15) is 9.67 Å². The summed E-state index contributed by atoms with van der Waals surface area (Å²) < 4.78 is 0. The van der Waals surface area contributed by atoms with Crippen molar-refractivity contribution in [2.75, 3.05) is 5.32 Å². The summed E-state index contributed by atoms with van der Waals surface area (Å²) in [7, 11) is 0.